The molecule has 1 nitrogen and oxygen atoms in total. The van der Waals surface area contributed by atoms with E-state index >= 15 is 0 Å². The summed E-state index contributed by atoms with van der Waals surface area (Å²) in [7, 11) is 0. The fourth-order valence-corrected chi connectivity index (χ4v) is 0.785. The summed E-state index contributed by atoms with van der Waals surface area (Å²) in [6.45, 7) is -2.83. The van der Waals surface area contributed by atoms with Gasteiger partial charge in [-0.05, 0) is 12.1 Å². The second-order valence-corrected chi connectivity index (χ2v) is 2.02. The van der Waals surface area contributed by atoms with Crippen LogP contribution >= 0.6 is 0 Å². The second-order valence-electron chi connectivity index (χ2n) is 2.02. The third kappa shape index (κ3) is 1.96. The topological polar surface area (TPSA) is 9.23 Å². The molecule has 62 valence electrons. The number of ether oxygens (including phenoxy) is 1. The van der Waals surface area contributed by atoms with Crippen LogP contribution in [0.3, 0.4) is 0 Å². The molecule has 1 aromatic carbocycles. The molecule has 0 unspecified atom stereocenters. The second kappa shape index (κ2) is 3.72. The Morgan fingerprint density at radius 3 is 2.58 bits per heavy atom. The van der Waals surface area contributed by atoms with Crippen LogP contribution in [0.15, 0.2) is 24.3 Å². The minimum absolute atomic E-state index is 0.0370. The first-order valence-corrected chi connectivity index (χ1v) is 3.24. The van der Waals surface area contributed by atoms with Crippen LogP contribution in [0.1, 0.15) is 5.56 Å². The largest absolute Gasteiger partial charge is 0.434 e. The first kappa shape index (κ1) is 8.54. The summed E-state index contributed by atoms with van der Waals surface area (Å²) < 4.78 is 27.7. The Kier molecular flexibility index (Phi) is 2.65. The molecule has 0 atom stereocenters. The van der Waals surface area contributed by atoms with Crippen molar-refractivity contribution >= 4 is 0 Å². The highest BCUT2D eigenvalue weighted by molar-refractivity contribution is 5.44. The fraction of sp³-hybridized carbons (Fsp3) is 0.111. The number of hydrogen-bond acceptors (Lipinski definition) is 1. The number of benzene rings is 1. The van der Waals surface area contributed by atoms with E-state index in [4.69, 9.17) is 6.42 Å². The number of terminal acetylenes is 1. The summed E-state index contributed by atoms with van der Waals surface area (Å²) in [4.78, 5) is 0. The van der Waals surface area contributed by atoms with Crippen LogP contribution in [0, 0.1) is 12.3 Å². The van der Waals surface area contributed by atoms with E-state index in [1.807, 2.05) is 0 Å². The average molecular weight is 168 g/mol. The maximum absolute atomic E-state index is 11.7. The van der Waals surface area contributed by atoms with Crippen molar-refractivity contribution in [2.45, 2.75) is 6.61 Å². The van der Waals surface area contributed by atoms with Crippen molar-refractivity contribution in [3.63, 3.8) is 0 Å². The van der Waals surface area contributed by atoms with Gasteiger partial charge in [-0.2, -0.15) is 8.78 Å². The summed E-state index contributed by atoms with van der Waals surface area (Å²) in [6.07, 6.45) is 5.05. The maximum Gasteiger partial charge on any atom is 0.387 e. The van der Waals surface area contributed by atoms with Gasteiger partial charge in [-0.3, -0.25) is 0 Å². The molecule has 3 heteroatoms. The lowest BCUT2D eigenvalue weighted by Gasteiger charge is -2.05. The molecule has 0 fully saturated rings. The van der Waals surface area contributed by atoms with Crippen molar-refractivity contribution in [3.05, 3.63) is 29.8 Å². The van der Waals surface area contributed by atoms with Gasteiger partial charge in [0.05, 0.1) is 5.56 Å². The molecule has 1 rings (SSSR count). The fourth-order valence-electron chi connectivity index (χ4n) is 0.785. The van der Waals surface area contributed by atoms with Crippen molar-refractivity contribution in [3.8, 4) is 18.1 Å². The number of alkyl halides is 2. The van der Waals surface area contributed by atoms with Gasteiger partial charge in [-0.15, -0.1) is 6.42 Å². The van der Waals surface area contributed by atoms with Crippen LogP contribution in [0.25, 0.3) is 0 Å². The van der Waals surface area contributed by atoms with Crippen LogP contribution in [-0.4, -0.2) is 6.61 Å². The zero-order chi connectivity index (χ0) is 8.97. The van der Waals surface area contributed by atoms with Gasteiger partial charge in [-0.1, -0.05) is 18.1 Å². The zero-order valence-corrected chi connectivity index (χ0v) is 6.13. The molecule has 0 bridgehead atoms. The minimum Gasteiger partial charge on any atom is -0.434 e. The SMILES string of the molecule is C#Cc1ccccc1OC(F)F. The molecular formula is C9H6F2O. The molecule has 12 heavy (non-hydrogen) atoms. The van der Waals surface area contributed by atoms with E-state index in [-0.39, 0.29) is 5.75 Å². The lowest BCUT2D eigenvalue weighted by Crippen LogP contribution is -2.03. The predicted molar refractivity (Wildman–Crippen MR) is 41.0 cm³/mol. The highest BCUT2D eigenvalue weighted by Crippen LogP contribution is 2.18. The van der Waals surface area contributed by atoms with Gasteiger partial charge in [0.1, 0.15) is 5.75 Å². The van der Waals surface area contributed by atoms with Crippen molar-refractivity contribution in [1.29, 1.82) is 0 Å². The molecule has 1 aromatic rings. The normalized spacial score (nSPS) is 9.50. The predicted octanol–water partition coefficient (Wildman–Crippen LogP) is 2.27. The van der Waals surface area contributed by atoms with E-state index in [0.717, 1.165) is 0 Å². The molecule has 0 aliphatic rings. The Morgan fingerprint density at radius 1 is 1.33 bits per heavy atom. The molecule has 0 aliphatic heterocycles. The number of halogens is 2. The quantitative estimate of drug-likeness (QED) is 0.615. The van der Waals surface area contributed by atoms with Gasteiger partial charge < -0.3 is 4.74 Å². The lowest BCUT2D eigenvalue weighted by atomic mass is 10.2. The minimum atomic E-state index is -2.83. The highest BCUT2D eigenvalue weighted by atomic mass is 19.3. The van der Waals surface area contributed by atoms with Gasteiger partial charge in [0.2, 0.25) is 0 Å². The summed E-state index contributed by atoms with van der Waals surface area (Å²) in [5.74, 6) is 2.28. The molecule has 0 saturated carbocycles. The number of hydrogen-bond donors (Lipinski definition) is 0. The van der Waals surface area contributed by atoms with Gasteiger partial charge in [0.25, 0.3) is 0 Å². The smallest absolute Gasteiger partial charge is 0.387 e. The Bertz CT molecular complexity index is 302. The van der Waals surface area contributed by atoms with E-state index in [2.05, 4.69) is 10.7 Å². The molecule has 0 aromatic heterocycles. The molecule has 0 aliphatic carbocycles. The van der Waals surface area contributed by atoms with Gasteiger partial charge in [-0.25, -0.2) is 0 Å². The zero-order valence-electron chi connectivity index (χ0n) is 6.13. The first-order chi connectivity index (χ1) is 5.74. The summed E-state index contributed by atoms with van der Waals surface area (Å²) >= 11 is 0. The Morgan fingerprint density at radius 2 is 2.00 bits per heavy atom. The molecule has 0 spiro atoms. The standard InChI is InChI=1S/C9H6F2O/c1-2-7-5-3-4-6-8(7)12-9(10)11/h1,3-6,9H. The van der Waals surface area contributed by atoms with Crippen LogP contribution in [0.4, 0.5) is 8.78 Å². The van der Waals surface area contributed by atoms with Crippen LogP contribution in [0.5, 0.6) is 5.75 Å². The molecule has 0 amide bonds. The summed E-state index contributed by atoms with van der Waals surface area (Å²) in [5, 5.41) is 0. The van der Waals surface area contributed by atoms with Crippen molar-refractivity contribution in [1.82, 2.24) is 0 Å². The summed E-state index contributed by atoms with van der Waals surface area (Å²) in [5.41, 5.74) is 0.331. The van der Waals surface area contributed by atoms with E-state index < -0.39 is 6.61 Å². The van der Waals surface area contributed by atoms with Crippen LogP contribution in [-0.2, 0) is 0 Å². The Labute approximate surface area is 69.0 Å². The summed E-state index contributed by atoms with van der Waals surface area (Å²) in [6, 6.07) is 6.19. The van der Waals surface area contributed by atoms with Gasteiger partial charge in [0.15, 0.2) is 0 Å². The lowest BCUT2D eigenvalue weighted by molar-refractivity contribution is -0.0500. The van der Waals surface area contributed by atoms with Crippen molar-refractivity contribution in [2.24, 2.45) is 0 Å². The Hall–Kier alpha value is -1.56. The third-order valence-electron chi connectivity index (χ3n) is 1.26. The maximum atomic E-state index is 11.7. The average Bonchev–Trinajstić information content (AvgIpc) is 2.04. The number of rotatable bonds is 2. The van der Waals surface area contributed by atoms with E-state index in [1.165, 1.54) is 12.1 Å². The van der Waals surface area contributed by atoms with E-state index in [9.17, 15) is 8.78 Å². The van der Waals surface area contributed by atoms with Crippen LogP contribution in [0.2, 0.25) is 0 Å². The van der Waals surface area contributed by atoms with Crippen LogP contribution < -0.4 is 4.74 Å². The highest BCUT2D eigenvalue weighted by Gasteiger charge is 2.06. The molecule has 0 N–H and O–H groups in total. The van der Waals surface area contributed by atoms with E-state index in [1.54, 1.807) is 12.1 Å². The number of para-hydroxylation sites is 1. The van der Waals surface area contributed by atoms with Crippen molar-refractivity contribution < 1.29 is 13.5 Å². The third-order valence-corrected chi connectivity index (χ3v) is 1.26. The molecule has 0 heterocycles. The van der Waals surface area contributed by atoms with E-state index in [0.29, 0.717) is 5.56 Å². The van der Waals surface area contributed by atoms with Gasteiger partial charge in [0, 0.05) is 0 Å². The van der Waals surface area contributed by atoms with Gasteiger partial charge >= 0.3 is 6.61 Å². The molecular weight excluding hydrogens is 162 g/mol. The van der Waals surface area contributed by atoms with Crippen molar-refractivity contribution in [2.75, 3.05) is 0 Å². The Balaban J connectivity index is 2.91. The monoisotopic (exact) mass is 168 g/mol. The molecule has 0 radical (unpaired) electrons. The first-order valence-electron chi connectivity index (χ1n) is 3.24. The molecule has 0 saturated heterocycles.